The standard InChI is InChI=1S/C13H25NO3/c1-5-6-7-10(4)12(15)14-11(13(16)17)8-9(2)3/h9-11H,5-8H2,1-4H3,(H,14,15)(H,16,17)/t10?,11-/m1/s1. The molecule has 0 spiro atoms. The van der Waals surface area contributed by atoms with Crippen molar-refractivity contribution in [3.05, 3.63) is 0 Å². The molecule has 17 heavy (non-hydrogen) atoms. The number of amides is 1. The van der Waals surface area contributed by atoms with Crippen LogP contribution in [-0.2, 0) is 9.59 Å². The van der Waals surface area contributed by atoms with Crippen molar-refractivity contribution >= 4 is 11.9 Å². The molecule has 1 unspecified atom stereocenters. The van der Waals surface area contributed by atoms with Crippen molar-refractivity contribution in [3.63, 3.8) is 0 Å². The second kappa shape index (κ2) is 8.09. The zero-order chi connectivity index (χ0) is 13.4. The third kappa shape index (κ3) is 6.97. The van der Waals surface area contributed by atoms with Crippen LogP contribution in [0.3, 0.4) is 0 Å². The lowest BCUT2D eigenvalue weighted by Crippen LogP contribution is -2.43. The molecular formula is C13H25NO3. The van der Waals surface area contributed by atoms with E-state index in [1.54, 1.807) is 0 Å². The molecular weight excluding hydrogens is 218 g/mol. The van der Waals surface area contributed by atoms with E-state index in [-0.39, 0.29) is 17.7 Å². The fourth-order valence-corrected chi connectivity index (χ4v) is 1.65. The number of carbonyl (C=O) groups excluding carboxylic acids is 1. The molecule has 100 valence electrons. The summed E-state index contributed by atoms with van der Waals surface area (Å²) in [6, 6.07) is -0.758. The molecule has 0 bridgehead atoms. The van der Waals surface area contributed by atoms with Gasteiger partial charge in [-0.25, -0.2) is 4.79 Å². The van der Waals surface area contributed by atoms with Crippen LogP contribution in [0.2, 0.25) is 0 Å². The molecule has 0 rings (SSSR count). The van der Waals surface area contributed by atoms with Crippen LogP contribution >= 0.6 is 0 Å². The summed E-state index contributed by atoms with van der Waals surface area (Å²) < 4.78 is 0. The van der Waals surface area contributed by atoms with Gasteiger partial charge < -0.3 is 10.4 Å². The van der Waals surface area contributed by atoms with Gasteiger partial charge in [-0.15, -0.1) is 0 Å². The van der Waals surface area contributed by atoms with Crippen LogP contribution in [-0.4, -0.2) is 23.0 Å². The number of aliphatic carboxylic acids is 1. The number of carbonyl (C=O) groups is 2. The number of carboxylic acid groups (broad SMARTS) is 1. The predicted molar refractivity (Wildman–Crippen MR) is 67.7 cm³/mol. The molecule has 0 aliphatic heterocycles. The summed E-state index contributed by atoms with van der Waals surface area (Å²) in [5, 5.41) is 11.6. The molecule has 0 saturated carbocycles. The quantitative estimate of drug-likeness (QED) is 0.688. The van der Waals surface area contributed by atoms with Crippen LogP contribution in [0.15, 0.2) is 0 Å². The Balaban J connectivity index is 4.25. The average Bonchev–Trinajstić information content (AvgIpc) is 2.23. The maximum atomic E-state index is 11.8. The Labute approximate surface area is 104 Å². The van der Waals surface area contributed by atoms with Crippen molar-refractivity contribution < 1.29 is 14.7 Å². The summed E-state index contributed by atoms with van der Waals surface area (Å²) in [4.78, 5) is 22.8. The molecule has 1 amide bonds. The van der Waals surface area contributed by atoms with Crippen LogP contribution in [0.25, 0.3) is 0 Å². The summed E-state index contributed by atoms with van der Waals surface area (Å²) in [6.07, 6.45) is 3.33. The van der Waals surface area contributed by atoms with Gasteiger partial charge in [0.25, 0.3) is 0 Å². The predicted octanol–water partition coefficient (Wildman–Crippen LogP) is 2.43. The summed E-state index contributed by atoms with van der Waals surface area (Å²) in [6.45, 7) is 7.81. The van der Waals surface area contributed by atoms with E-state index in [1.165, 1.54) is 0 Å². The van der Waals surface area contributed by atoms with Gasteiger partial charge in [0.1, 0.15) is 6.04 Å². The highest BCUT2D eigenvalue weighted by atomic mass is 16.4. The Morgan fingerprint density at radius 3 is 2.24 bits per heavy atom. The minimum absolute atomic E-state index is 0.107. The van der Waals surface area contributed by atoms with Gasteiger partial charge in [0.15, 0.2) is 0 Å². The van der Waals surface area contributed by atoms with Gasteiger partial charge in [-0.05, 0) is 18.8 Å². The second-order valence-electron chi connectivity index (χ2n) is 5.07. The van der Waals surface area contributed by atoms with Gasteiger partial charge >= 0.3 is 5.97 Å². The zero-order valence-corrected chi connectivity index (χ0v) is 11.3. The summed E-state index contributed by atoms with van der Waals surface area (Å²) >= 11 is 0. The molecule has 4 heteroatoms. The van der Waals surface area contributed by atoms with Gasteiger partial charge in [-0.1, -0.05) is 40.5 Å². The van der Waals surface area contributed by atoms with Crippen LogP contribution in [0.4, 0.5) is 0 Å². The maximum Gasteiger partial charge on any atom is 0.326 e. The SMILES string of the molecule is CCCCC(C)C(=O)N[C@H](CC(C)C)C(=O)O. The van der Waals surface area contributed by atoms with E-state index in [9.17, 15) is 9.59 Å². The number of nitrogens with one attached hydrogen (secondary N) is 1. The first kappa shape index (κ1) is 15.9. The topological polar surface area (TPSA) is 66.4 Å². The highest BCUT2D eigenvalue weighted by molar-refractivity contribution is 5.84. The maximum absolute atomic E-state index is 11.8. The molecule has 0 radical (unpaired) electrons. The first-order chi connectivity index (χ1) is 7.88. The molecule has 0 fully saturated rings. The minimum Gasteiger partial charge on any atom is -0.480 e. The zero-order valence-electron chi connectivity index (χ0n) is 11.3. The molecule has 2 atom stereocenters. The van der Waals surface area contributed by atoms with Crippen LogP contribution in [0, 0.1) is 11.8 Å². The average molecular weight is 243 g/mol. The van der Waals surface area contributed by atoms with E-state index in [1.807, 2.05) is 20.8 Å². The Morgan fingerprint density at radius 2 is 1.82 bits per heavy atom. The fraction of sp³-hybridized carbons (Fsp3) is 0.846. The first-order valence-electron chi connectivity index (χ1n) is 6.41. The van der Waals surface area contributed by atoms with Gasteiger partial charge in [0.05, 0.1) is 0 Å². The van der Waals surface area contributed by atoms with E-state index < -0.39 is 12.0 Å². The normalized spacial score (nSPS) is 14.4. The van der Waals surface area contributed by atoms with Crippen molar-refractivity contribution in [2.24, 2.45) is 11.8 Å². The Bertz CT molecular complexity index is 251. The third-order valence-corrected chi connectivity index (χ3v) is 2.76. The van der Waals surface area contributed by atoms with E-state index >= 15 is 0 Å². The summed E-state index contributed by atoms with van der Waals surface area (Å²) in [5.41, 5.74) is 0. The number of carboxylic acids is 1. The largest absolute Gasteiger partial charge is 0.480 e. The molecule has 4 nitrogen and oxygen atoms in total. The molecule has 0 aromatic rings. The molecule has 0 aromatic heterocycles. The van der Waals surface area contributed by atoms with Gasteiger partial charge in [-0.2, -0.15) is 0 Å². The number of hydrogen-bond acceptors (Lipinski definition) is 2. The summed E-state index contributed by atoms with van der Waals surface area (Å²) in [5.74, 6) is -0.951. The van der Waals surface area contributed by atoms with Crippen LogP contribution < -0.4 is 5.32 Å². The molecule has 0 heterocycles. The van der Waals surface area contributed by atoms with E-state index in [0.29, 0.717) is 6.42 Å². The number of rotatable bonds is 8. The highest BCUT2D eigenvalue weighted by Gasteiger charge is 2.23. The highest BCUT2D eigenvalue weighted by Crippen LogP contribution is 2.10. The van der Waals surface area contributed by atoms with Crippen LogP contribution in [0.1, 0.15) is 53.4 Å². The lowest BCUT2D eigenvalue weighted by atomic mass is 10.0. The van der Waals surface area contributed by atoms with Gasteiger partial charge in [0, 0.05) is 5.92 Å². The molecule has 0 aliphatic carbocycles. The van der Waals surface area contributed by atoms with Gasteiger partial charge in [0.2, 0.25) is 5.91 Å². The number of unbranched alkanes of at least 4 members (excludes halogenated alkanes) is 1. The lowest BCUT2D eigenvalue weighted by Gasteiger charge is -2.19. The Morgan fingerprint density at radius 1 is 1.24 bits per heavy atom. The lowest BCUT2D eigenvalue weighted by molar-refractivity contribution is -0.142. The van der Waals surface area contributed by atoms with Crippen molar-refractivity contribution in [2.45, 2.75) is 59.4 Å². The van der Waals surface area contributed by atoms with Crippen molar-refractivity contribution in [2.75, 3.05) is 0 Å². The van der Waals surface area contributed by atoms with Gasteiger partial charge in [-0.3, -0.25) is 4.79 Å². The fourth-order valence-electron chi connectivity index (χ4n) is 1.65. The van der Waals surface area contributed by atoms with E-state index in [2.05, 4.69) is 12.2 Å². The molecule has 0 saturated heterocycles. The monoisotopic (exact) mass is 243 g/mol. The van der Waals surface area contributed by atoms with Crippen LogP contribution in [0.5, 0.6) is 0 Å². The molecule has 2 N–H and O–H groups in total. The van der Waals surface area contributed by atoms with E-state index in [4.69, 9.17) is 5.11 Å². The second-order valence-corrected chi connectivity index (χ2v) is 5.07. The number of hydrogen-bond donors (Lipinski definition) is 2. The molecule has 0 aliphatic rings. The van der Waals surface area contributed by atoms with Crippen molar-refractivity contribution in [1.29, 1.82) is 0 Å². The Hall–Kier alpha value is -1.06. The van der Waals surface area contributed by atoms with Crippen molar-refractivity contribution in [1.82, 2.24) is 5.32 Å². The first-order valence-corrected chi connectivity index (χ1v) is 6.41. The summed E-state index contributed by atoms with van der Waals surface area (Å²) in [7, 11) is 0. The third-order valence-electron chi connectivity index (χ3n) is 2.76. The van der Waals surface area contributed by atoms with Crippen molar-refractivity contribution in [3.8, 4) is 0 Å². The Kier molecular flexibility index (Phi) is 7.59. The smallest absolute Gasteiger partial charge is 0.326 e. The van der Waals surface area contributed by atoms with E-state index in [0.717, 1.165) is 19.3 Å². The minimum atomic E-state index is -0.949. The molecule has 0 aromatic carbocycles.